The molecular weight excluding hydrogens is 294 g/mol. The summed E-state index contributed by atoms with van der Waals surface area (Å²) in [5.74, 6) is -0.669. The van der Waals surface area contributed by atoms with Crippen molar-refractivity contribution in [1.82, 2.24) is 0 Å². The number of carbonyl (C=O) groups is 2. The molecule has 5 nitrogen and oxygen atoms in total. The number of hydrogen-bond acceptors (Lipinski definition) is 3. The average molecular weight is 313 g/mol. The van der Waals surface area contributed by atoms with Crippen LogP contribution in [0, 0.1) is 13.8 Å². The SMILES string of the molecule is Cc1ccc(OC(C)C(=O)Nc2ccc(C(=O)O)cc2)cc1C. The van der Waals surface area contributed by atoms with Crippen LogP contribution >= 0.6 is 0 Å². The Bertz CT molecular complexity index is 722. The maximum atomic E-state index is 12.1. The van der Waals surface area contributed by atoms with E-state index >= 15 is 0 Å². The minimum Gasteiger partial charge on any atom is -0.481 e. The number of benzene rings is 2. The summed E-state index contributed by atoms with van der Waals surface area (Å²) in [7, 11) is 0. The highest BCUT2D eigenvalue weighted by Gasteiger charge is 2.15. The van der Waals surface area contributed by atoms with Crippen molar-refractivity contribution < 1.29 is 19.4 Å². The third-order valence-electron chi connectivity index (χ3n) is 3.56. The van der Waals surface area contributed by atoms with Crippen molar-refractivity contribution >= 4 is 17.6 Å². The monoisotopic (exact) mass is 313 g/mol. The molecule has 0 saturated heterocycles. The molecule has 0 bridgehead atoms. The minimum absolute atomic E-state index is 0.169. The molecule has 0 heterocycles. The Hall–Kier alpha value is -2.82. The number of aromatic carboxylic acids is 1. The molecule has 2 N–H and O–H groups in total. The summed E-state index contributed by atoms with van der Waals surface area (Å²) < 4.78 is 5.64. The van der Waals surface area contributed by atoms with Gasteiger partial charge in [-0.2, -0.15) is 0 Å². The van der Waals surface area contributed by atoms with Gasteiger partial charge in [0, 0.05) is 5.69 Å². The summed E-state index contributed by atoms with van der Waals surface area (Å²) in [4.78, 5) is 22.9. The van der Waals surface area contributed by atoms with Crippen molar-refractivity contribution in [3.05, 3.63) is 59.2 Å². The van der Waals surface area contributed by atoms with Gasteiger partial charge in [-0.15, -0.1) is 0 Å². The molecule has 1 atom stereocenters. The zero-order valence-electron chi connectivity index (χ0n) is 13.3. The van der Waals surface area contributed by atoms with Crippen LogP contribution in [0.2, 0.25) is 0 Å². The molecule has 0 spiro atoms. The molecule has 0 aliphatic rings. The Morgan fingerprint density at radius 1 is 1.04 bits per heavy atom. The van der Waals surface area contributed by atoms with Gasteiger partial charge < -0.3 is 15.2 Å². The molecule has 2 aromatic carbocycles. The number of anilines is 1. The molecule has 0 aromatic heterocycles. The molecule has 0 aliphatic carbocycles. The highest BCUT2D eigenvalue weighted by atomic mass is 16.5. The number of amides is 1. The highest BCUT2D eigenvalue weighted by molar-refractivity contribution is 5.95. The topological polar surface area (TPSA) is 75.6 Å². The maximum Gasteiger partial charge on any atom is 0.335 e. The van der Waals surface area contributed by atoms with Crippen LogP contribution in [0.3, 0.4) is 0 Å². The number of aryl methyl sites for hydroxylation is 2. The number of hydrogen-bond donors (Lipinski definition) is 2. The Balaban J connectivity index is 1.99. The lowest BCUT2D eigenvalue weighted by Gasteiger charge is -2.15. The van der Waals surface area contributed by atoms with E-state index in [1.165, 1.54) is 12.1 Å². The quantitative estimate of drug-likeness (QED) is 0.887. The van der Waals surface area contributed by atoms with Crippen LogP contribution in [0.15, 0.2) is 42.5 Å². The standard InChI is InChI=1S/C18H19NO4/c1-11-4-9-16(10-12(11)2)23-13(3)17(20)19-15-7-5-14(6-8-15)18(21)22/h4-10,13H,1-3H3,(H,19,20)(H,21,22). The van der Waals surface area contributed by atoms with Gasteiger partial charge >= 0.3 is 5.97 Å². The summed E-state index contributed by atoms with van der Waals surface area (Å²) in [6.07, 6.45) is -0.670. The van der Waals surface area contributed by atoms with Gasteiger partial charge in [-0.25, -0.2) is 4.79 Å². The van der Waals surface area contributed by atoms with Gasteiger partial charge in [0.05, 0.1) is 5.56 Å². The second kappa shape index (κ2) is 6.96. The van der Waals surface area contributed by atoms with E-state index in [9.17, 15) is 9.59 Å². The van der Waals surface area contributed by atoms with Gasteiger partial charge in [-0.1, -0.05) is 6.07 Å². The number of ether oxygens (including phenoxy) is 1. The zero-order valence-corrected chi connectivity index (χ0v) is 13.3. The fraction of sp³-hybridized carbons (Fsp3) is 0.222. The molecule has 0 aliphatic heterocycles. The first-order valence-corrected chi connectivity index (χ1v) is 7.25. The van der Waals surface area contributed by atoms with E-state index in [0.717, 1.165) is 11.1 Å². The number of nitrogens with one attached hydrogen (secondary N) is 1. The molecular formula is C18H19NO4. The molecule has 0 radical (unpaired) electrons. The summed E-state index contributed by atoms with van der Waals surface area (Å²) >= 11 is 0. The Morgan fingerprint density at radius 2 is 1.70 bits per heavy atom. The largest absolute Gasteiger partial charge is 0.481 e. The second-order valence-electron chi connectivity index (χ2n) is 5.38. The van der Waals surface area contributed by atoms with Crippen LogP contribution in [0.25, 0.3) is 0 Å². The predicted octanol–water partition coefficient (Wildman–Crippen LogP) is 3.41. The fourth-order valence-corrected chi connectivity index (χ4v) is 1.98. The molecule has 1 unspecified atom stereocenters. The Kier molecular flexibility index (Phi) is 5.01. The third-order valence-corrected chi connectivity index (χ3v) is 3.56. The first-order chi connectivity index (χ1) is 10.9. The summed E-state index contributed by atoms with van der Waals surface area (Å²) in [5.41, 5.74) is 2.95. The van der Waals surface area contributed by atoms with Crippen molar-refractivity contribution in [3.8, 4) is 5.75 Å². The number of rotatable bonds is 5. The lowest BCUT2D eigenvalue weighted by atomic mass is 10.1. The molecule has 5 heteroatoms. The first kappa shape index (κ1) is 16.5. The number of carboxylic acids is 1. The smallest absolute Gasteiger partial charge is 0.335 e. The summed E-state index contributed by atoms with van der Waals surface area (Å²) in [5, 5.41) is 11.5. The van der Waals surface area contributed by atoms with E-state index in [4.69, 9.17) is 9.84 Å². The molecule has 0 fully saturated rings. The van der Waals surface area contributed by atoms with E-state index in [2.05, 4.69) is 5.32 Å². The van der Waals surface area contributed by atoms with Gasteiger partial charge in [0.25, 0.3) is 5.91 Å². The van der Waals surface area contributed by atoms with Crippen molar-refractivity contribution in [2.45, 2.75) is 26.9 Å². The van der Waals surface area contributed by atoms with Gasteiger partial charge in [0.1, 0.15) is 5.75 Å². The van der Waals surface area contributed by atoms with Crippen molar-refractivity contribution in [2.75, 3.05) is 5.32 Å². The van der Waals surface area contributed by atoms with E-state index in [0.29, 0.717) is 11.4 Å². The maximum absolute atomic E-state index is 12.1. The van der Waals surface area contributed by atoms with Crippen LogP contribution in [-0.2, 0) is 4.79 Å². The van der Waals surface area contributed by atoms with Crippen LogP contribution in [0.4, 0.5) is 5.69 Å². The van der Waals surface area contributed by atoms with Gasteiger partial charge in [-0.3, -0.25) is 4.79 Å². The van der Waals surface area contributed by atoms with Gasteiger partial charge in [0.2, 0.25) is 0 Å². The second-order valence-corrected chi connectivity index (χ2v) is 5.38. The molecule has 0 saturated carbocycles. The third kappa shape index (κ3) is 4.32. The Labute approximate surface area is 134 Å². The van der Waals surface area contributed by atoms with E-state index in [1.807, 2.05) is 32.0 Å². The van der Waals surface area contributed by atoms with Gasteiger partial charge in [0.15, 0.2) is 6.10 Å². The molecule has 23 heavy (non-hydrogen) atoms. The fourth-order valence-electron chi connectivity index (χ4n) is 1.98. The van der Waals surface area contributed by atoms with Gasteiger partial charge in [-0.05, 0) is 68.3 Å². The van der Waals surface area contributed by atoms with E-state index in [1.54, 1.807) is 19.1 Å². The normalized spacial score (nSPS) is 11.6. The van der Waals surface area contributed by atoms with Crippen LogP contribution in [0.1, 0.15) is 28.4 Å². The van der Waals surface area contributed by atoms with Crippen molar-refractivity contribution in [3.63, 3.8) is 0 Å². The highest BCUT2D eigenvalue weighted by Crippen LogP contribution is 2.18. The van der Waals surface area contributed by atoms with Crippen LogP contribution in [0.5, 0.6) is 5.75 Å². The number of carboxylic acid groups (broad SMARTS) is 1. The lowest BCUT2D eigenvalue weighted by molar-refractivity contribution is -0.122. The lowest BCUT2D eigenvalue weighted by Crippen LogP contribution is -2.30. The average Bonchev–Trinajstić information content (AvgIpc) is 2.51. The Morgan fingerprint density at radius 3 is 2.26 bits per heavy atom. The van der Waals surface area contributed by atoms with Crippen molar-refractivity contribution in [1.29, 1.82) is 0 Å². The van der Waals surface area contributed by atoms with Crippen molar-refractivity contribution in [2.24, 2.45) is 0 Å². The molecule has 2 aromatic rings. The van der Waals surface area contributed by atoms with Crippen LogP contribution in [-0.4, -0.2) is 23.1 Å². The predicted molar refractivity (Wildman–Crippen MR) is 88.0 cm³/mol. The minimum atomic E-state index is -1.01. The molecule has 120 valence electrons. The zero-order chi connectivity index (χ0) is 17.0. The number of carbonyl (C=O) groups excluding carboxylic acids is 1. The van der Waals surface area contributed by atoms with Crippen LogP contribution < -0.4 is 10.1 Å². The first-order valence-electron chi connectivity index (χ1n) is 7.25. The summed E-state index contributed by atoms with van der Waals surface area (Å²) in [6, 6.07) is 11.6. The molecule has 1 amide bonds. The van der Waals surface area contributed by atoms with E-state index in [-0.39, 0.29) is 11.5 Å². The van der Waals surface area contributed by atoms with E-state index < -0.39 is 12.1 Å². The molecule has 2 rings (SSSR count). The summed E-state index contributed by atoms with van der Waals surface area (Å²) in [6.45, 7) is 5.66.